The van der Waals surface area contributed by atoms with Crippen LogP contribution >= 0.6 is 0 Å². The number of rotatable bonds is 8. The molecule has 4 N–H and O–H groups in total. The summed E-state index contributed by atoms with van der Waals surface area (Å²) >= 11 is 0. The number of unbranched alkanes of at least 4 members (excludes halogenated alkanes) is 1. The summed E-state index contributed by atoms with van der Waals surface area (Å²) in [5.74, 6) is -0.428. The lowest BCUT2D eigenvalue weighted by Gasteiger charge is -2.34. The highest BCUT2D eigenvalue weighted by molar-refractivity contribution is 5.79. The maximum Gasteiger partial charge on any atom is 0.224 e. The van der Waals surface area contributed by atoms with E-state index in [4.69, 9.17) is 5.73 Å². The van der Waals surface area contributed by atoms with Gasteiger partial charge in [-0.3, -0.25) is 9.59 Å². The van der Waals surface area contributed by atoms with E-state index in [-0.39, 0.29) is 29.8 Å². The number of hydrogen-bond acceptors (Lipinski definition) is 3. The molecule has 0 saturated heterocycles. The molecule has 1 aromatic rings. The smallest absolute Gasteiger partial charge is 0.224 e. The van der Waals surface area contributed by atoms with Gasteiger partial charge in [0.2, 0.25) is 11.8 Å². The first kappa shape index (κ1) is 18.5. The van der Waals surface area contributed by atoms with Crippen molar-refractivity contribution in [3.05, 3.63) is 35.9 Å². The molecular weight excluding hydrogens is 302 g/mol. The summed E-state index contributed by atoms with van der Waals surface area (Å²) in [6.07, 6.45) is 4.88. The molecule has 2 amide bonds. The molecule has 24 heavy (non-hydrogen) atoms. The lowest BCUT2D eigenvalue weighted by atomic mass is 9.81. The highest BCUT2D eigenvalue weighted by Crippen LogP contribution is 2.25. The van der Waals surface area contributed by atoms with Crippen LogP contribution in [0.5, 0.6) is 0 Å². The lowest BCUT2D eigenvalue weighted by molar-refractivity contribution is -0.125. The van der Waals surface area contributed by atoms with E-state index in [1.165, 1.54) is 0 Å². The van der Waals surface area contributed by atoms with Crippen LogP contribution in [0.1, 0.15) is 44.6 Å². The fourth-order valence-electron chi connectivity index (χ4n) is 3.38. The van der Waals surface area contributed by atoms with E-state index in [1.807, 2.05) is 30.3 Å². The van der Waals surface area contributed by atoms with Crippen molar-refractivity contribution in [2.75, 3.05) is 6.54 Å². The van der Waals surface area contributed by atoms with Gasteiger partial charge in [0, 0.05) is 18.0 Å². The molecule has 3 atom stereocenters. The van der Waals surface area contributed by atoms with E-state index in [0.717, 1.165) is 37.8 Å². The molecule has 0 bridgehead atoms. The van der Waals surface area contributed by atoms with Crippen molar-refractivity contribution in [1.29, 1.82) is 0 Å². The van der Waals surface area contributed by atoms with Crippen molar-refractivity contribution in [3.63, 3.8) is 0 Å². The number of hydrogen-bond donors (Lipinski definition) is 3. The van der Waals surface area contributed by atoms with Crippen molar-refractivity contribution in [2.45, 2.75) is 57.5 Å². The fourth-order valence-corrected chi connectivity index (χ4v) is 3.38. The number of amides is 2. The van der Waals surface area contributed by atoms with Crippen LogP contribution in [0, 0.1) is 5.92 Å². The summed E-state index contributed by atoms with van der Waals surface area (Å²) in [5, 5.41) is 6.59. The van der Waals surface area contributed by atoms with Gasteiger partial charge in [0.15, 0.2) is 0 Å². The minimum absolute atomic E-state index is 0.00336. The number of carbonyl (C=O) groups is 2. The molecule has 0 aliphatic heterocycles. The SMILES string of the molecule is CCCCNC1CC(NC(=O)Cc2ccccc2)CC(C(N)=O)C1. The first-order valence-electron chi connectivity index (χ1n) is 8.94. The van der Waals surface area contributed by atoms with Gasteiger partial charge in [-0.2, -0.15) is 0 Å². The zero-order chi connectivity index (χ0) is 17.4. The number of benzene rings is 1. The lowest BCUT2D eigenvalue weighted by Crippen LogP contribution is -2.49. The van der Waals surface area contributed by atoms with Gasteiger partial charge in [0.1, 0.15) is 0 Å². The van der Waals surface area contributed by atoms with E-state index >= 15 is 0 Å². The molecule has 0 heterocycles. The topological polar surface area (TPSA) is 84.2 Å². The molecule has 2 rings (SSSR count). The minimum atomic E-state index is -0.265. The van der Waals surface area contributed by atoms with Crippen LogP contribution in [0.2, 0.25) is 0 Å². The summed E-state index contributed by atoms with van der Waals surface area (Å²) in [6, 6.07) is 9.94. The molecule has 3 unspecified atom stereocenters. The third-order valence-corrected chi connectivity index (χ3v) is 4.65. The Labute approximate surface area is 144 Å². The number of carbonyl (C=O) groups excluding carboxylic acids is 2. The van der Waals surface area contributed by atoms with E-state index in [1.54, 1.807) is 0 Å². The second kappa shape index (κ2) is 9.42. The van der Waals surface area contributed by atoms with Crippen LogP contribution in [0.4, 0.5) is 0 Å². The largest absolute Gasteiger partial charge is 0.369 e. The monoisotopic (exact) mass is 331 g/mol. The van der Waals surface area contributed by atoms with Gasteiger partial charge in [-0.1, -0.05) is 43.7 Å². The Morgan fingerprint density at radius 2 is 1.83 bits per heavy atom. The number of nitrogens with two attached hydrogens (primary N) is 1. The quantitative estimate of drug-likeness (QED) is 0.635. The highest BCUT2D eigenvalue weighted by Gasteiger charge is 2.32. The Balaban J connectivity index is 1.89. The molecule has 0 radical (unpaired) electrons. The Morgan fingerprint density at radius 1 is 1.12 bits per heavy atom. The van der Waals surface area contributed by atoms with Gasteiger partial charge in [-0.15, -0.1) is 0 Å². The van der Waals surface area contributed by atoms with Crippen LogP contribution in [-0.2, 0) is 16.0 Å². The predicted octanol–water partition coefficient (Wildman–Crippen LogP) is 1.76. The van der Waals surface area contributed by atoms with Crippen LogP contribution < -0.4 is 16.4 Å². The Hall–Kier alpha value is -1.88. The molecule has 0 aromatic heterocycles. The molecule has 5 heteroatoms. The zero-order valence-electron chi connectivity index (χ0n) is 14.5. The van der Waals surface area contributed by atoms with E-state index in [2.05, 4.69) is 17.6 Å². The van der Waals surface area contributed by atoms with Gasteiger partial charge in [0.25, 0.3) is 0 Å². The van der Waals surface area contributed by atoms with Crippen molar-refractivity contribution >= 4 is 11.8 Å². The standard InChI is InChI=1S/C19H29N3O2/c1-2-3-9-21-16-11-15(19(20)24)12-17(13-16)22-18(23)10-14-7-5-4-6-8-14/h4-8,15-17,21H,2-3,9-13H2,1H3,(H2,20,24)(H,22,23). The number of primary amides is 1. The first-order valence-corrected chi connectivity index (χ1v) is 8.94. The molecule has 1 aliphatic carbocycles. The first-order chi connectivity index (χ1) is 11.6. The highest BCUT2D eigenvalue weighted by atomic mass is 16.2. The van der Waals surface area contributed by atoms with Crippen LogP contribution in [0.3, 0.4) is 0 Å². The van der Waals surface area contributed by atoms with Crippen LogP contribution in [0.15, 0.2) is 30.3 Å². The molecule has 132 valence electrons. The van der Waals surface area contributed by atoms with Gasteiger partial charge >= 0.3 is 0 Å². The average Bonchev–Trinajstić information content (AvgIpc) is 2.55. The van der Waals surface area contributed by atoms with E-state index in [9.17, 15) is 9.59 Å². The Bertz CT molecular complexity index is 533. The van der Waals surface area contributed by atoms with Gasteiger partial charge in [-0.05, 0) is 37.8 Å². The van der Waals surface area contributed by atoms with Crippen molar-refractivity contribution < 1.29 is 9.59 Å². The normalized spacial score (nSPS) is 23.6. The molecule has 0 spiro atoms. The summed E-state index contributed by atoms with van der Waals surface area (Å²) < 4.78 is 0. The maximum atomic E-state index is 12.3. The minimum Gasteiger partial charge on any atom is -0.369 e. The van der Waals surface area contributed by atoms with Crippen molar-refractivity contribution in [2.24, 2.45) is 11.7 Å². The third-order valence-electron chi connectivity index (χ3n) is 4.65. The third kappa shape index (κ3) is 5.96. The molecule has 1 aliphatic rings. The van der Waals surface area contributed by atoms with E-state index in [0.29, 0.717) is 12.8 Å². The zero-order valence-corrected chi connectivity index (χ0v) is 14.5. The van der Waals surface area contributed by atoms with E-state index < -0.39 is 0 Å². The number of nitrogens with one attached hydrogen (secondary N) is 2. The summed E-state index contributed by atoms with van der Waals surface area (Å²) in [7, 11) is 0. The fraction of sp³-hybridized carbons (Fsp3) is 0.579. The summed E-state index contributed by atoms with van der Waals surface area (Å²) in [5.41, 5.74) is 6.52. The van der Waals surface area contributed by atoms with Crippen LogP contribution in [-0.4, -0.2) is 30.4 Å². The van der Waals surface area contributed by atoms with Crippen LogP contribution in [0.25, 0.3) is 0 Å². The second-order valence-corrected chi connectivity index (χ2v) is 6.74. The predicted molar refractivity (Wildman–Crippen MR) is 95.3 cm³/mol. The Morgan fingerprint density at radius 3 is 2.50 bits per heavy atom. The Kier molecular flexibility index (Phi) is 7.25. The summed E-state index contributed by atoms with van der Waals surface area (Å²) in [6.45, 7) is 3.10. The van der Waals surface area contributed by atoms with Gasteiger partial charge < -0.3 is 16.4 Å². The molecule has 1 fully saturated rings. The molecular formula is C19H29N3O2. The maximum absolute atomic E-state index is 12.3. The second-order valence-electron chi connectivity index (χ2n) is 6.74. The molecule has 1 aromatic carbocycles. The van der Waals surface area contributed by atoms with Crippen molar-refractivity contribution in [1.82, 2.24) is 10.6 Å². The van der Waals surface area contributed by atoms with Crippen molar-refractivity contribution in [3.8, 4) is 0 Å². The molecule has 5 nitrogen and oxygen atoms in total. The average molecular weight is 331 g/mol. The molecule has 1 saturated carbocycles. The van der Waals surface area contributed by atoms with Gasteiger partial charge in [0.05, 0.1) is 6.42 Å². The van der Waals surface area contributed by atoms with Gasteiger partial charge in [-0.25, -0.2) is 0 Å². The summed E-state index contributed by atoms with van der Waals surface area (Å²) in [4.78, 5) is 23.9.